The lowest BCUT2D eigenvalue weighted by Crippen LogP contribution is -2.27. The molecule has 1 aromatic heterocycles. The first-order valence-corrected chi connectivity index (χ1v) is 6.25. The lowest BCUT2D eigenvalue weighted by molar-refractivity contribution is -0.141. The Hall–Kier alpha value is -0.390. The van der Waals surface area contributed by atoms with Gasteiger partial charge in [0.05, 0.1) is 9.70 Å². The summed E-state index contributed by atoms with van der Waals surface area (Å²) in [6.07, 6.45) is 0. The van der Waals surface area contributed by atoms with Crippen LogP contribution in [0.5, 0.6) is 0 Å². The van der Waals surface area contributed by atoms with Crippen LogP contribution in [0.4, 0.5) is 0 Å². The number of halogens is 1. The second-order valence-corrected chi connectivity index (χ2v) is 6.19. The van der Waals surface area contributed by atoms with Crippen molar-refractivity contribution in [3.8, 4) is 0 Å². The molecule has 0 aliphatic rings. The zero-order valence-electron chi connectivity index (χ0n) is 8.74. The van der Waals surface area contributed by atoms with Crippen LogP contribution < -0.4 is 0 Å². The number of carboxylic acid groups (broad SMARTS) is 1. The second kappa shape index (κ2) is 5.63. The molecule has 1 heterocycles. The molecular formula is C10H14BrNO2S. The predicted molar refractivity (Wildman–Crippen MR) is 65.2 cm³/mol. The molecule has 0 amide bonds. The molecule has 1 rings (SSSR count). The molecule has 1 aromatic rings. The van der Waals surface area contributed by atoms with E-state index in [2.05, 4.69) is 22.0 Å². The van der Waals surface area contributed by atoms with E-state index in [-0.39, 0.29) is 5.92 Å². The Morgan fingerprint density at radius 2 is 2.33 bits per heavy atom. The molecule has 0 fully saturated rings. The number of nitrogens with zero attached hydrogens (tertiary/aromatic N) is 1. The van der Waals surface area contributed by atoms with Gasteiger partial charge in [0.2, 0.25) is 0 Å². The Kier molecular flexibility index (Phi) is 4.76. The first-order chi connectivity index (χ1) is 6.99. The minimum Gasteiger partial charge on any atom is -0.481 e. The molecule has 1 atom stereocenters. The minimum atomic E-state index is -0.741. The quantitative estimate of drug-likeness (QED) is 0.907. The maximum Gasteiger partial charge on any atom is 0.307 e. The van der Waals surface area contributed by atoms with Crippen molar-refractivity contribution in [2.45, 2.75) is 13.5 Å². The van der Waals surface area contributed by atoms with E-state index in [9.17, 15) is 4.79 Å². The summed E-state index contributed by atoms with van der Waals surface area (Å²) in [6, 6.07) is 4.06. The number of hydrogen-bond acceptors (Lipinski definition) is 3. The Balaban J connectivity index is 2.42. The van der Waals surface area contributed by atoms with Crippen LogP contribution in [0.25, 0.3) is 0 Å². The Morgan fingerprint density at radius 3 is 2.80 bits per heavy atom. The molecule has 0 saturated heterocycles. The van der Waals surface area contributed by atoms with Gasteiger partial charge < -0.3 is 10.0 Å². The van der Waals surface area contributed by atoms with Gasteiger partial charge >= 0.3 is 5.97 Å². The van der Waals surface area contributed by atoms with E-state index in [1.165, 1.54) is 4.88 Å². The SMILES string of the molecule is CC(CN(C)Cc1ccc(Br)s1)C(=O)O. The van der Waals surface area contributed by atoms with E-state index < -0.39 is 5.97 Å². The largest absolute Gasteiger partial charge is 0.481 e. The van der Waals surface area contributed by atoms with Crippen molar-refractivity contribution in [1.82, 2.24) is 4.90 Å². The van der Waals surface area contributed by atoms with Crippen LogP contribution >= 0.6 is 27.3 Å². The number of carbonyl (C=O) groups is 1. The lowest BCUT2D eigenvalue weighted by atomic mass is 10.2. The summed E-state index contributed by atoms with van der Waals surface area (Å²) in [5.41, 5.74) is 0. The standard InChI is InChI=1S/C10H14BrNO2S/c1-7(10(13)14)5-12(2)6-8-3-4-9(11)15-8/h3-4,7H,5-6H2,1-2H3,(H,13,14). The molecule has 0 spiro atoms. The lowest BCUT2D eigenvalue weighted by Gasteiger charge is -2.17. The Morgan fingerprint density at radius 1 is 1.67 bits per heavy atom. The molecule has 5 heteroatoms. The molecule has 0 aliphatic carbocycles. The van der Waals surface area contributed by atoms with Crippen LogP contribution in [-0.2, 0) is 11.3 Å². The normalized spacial score (nSPS) is 13.1. The van der Waals surface area contributed by atoms with Crippen molar-refractivity contribution in [2.75, 3.05) is 13.6 Å². The van der Waals surface area contributed by atoms with E-state index in [1.807, 2.05) is 18.0 Å². The van der Waals surface area contributed by atoms with E-state index in [0.717, 1.165) is 10.3 Å². The van der Waals surface area contributed by atoms with Crippen LogP contribution in [0.15, 0.2) is 15.9 Å². The summed E-state index contributed by atoms with van der Waals surface area (Å²) < 4.78 is 1.11. The predicted octanol–water partition coefficient (Wildman–Crippen LogP) is 2.66. The van der Waals surface area contributed by atoms with E-state index in [4.69, 9.17) is 5.11 Å². The molecule has 0 saturated carbocycles. The monoisotopic (exact) mass is 291 g/mol. The Bertz CT molecular complexity index is 340. The van der Waals surface area contributed by atoms with Crippen molar-refractivity contribution in [1.29, 1.82) is 0 Å². The second-order valence-electron chi connectivity index (χ2n) is 3.64. The summed E-state index contributed by atoms with van der Waals surface area (Å²) >= 11 is 5.08. The fourth-order valence-corrected chi connectivity index (χ4v) is 2.88. The van der Waals surface area contributed by atoms with E-state index in [0.29, 0.717) is 6.54 Å². The maximum absolute atomic E-state index is 10.7. The average Bonchev–Trinajstić information content (AvgIpc) is 2.50. The summed E-state index contributed by atoms with van der Waals surface area (Å²) in [5, 5.41) is 8.77. The van der Waals surface area contributed by atoms with Crippen molar-refractivity contribution in [3.63, 3.8) is 0 Å². The van der Waals surface area contributed by atoms with Gasteiger partial charge in [0.25, 0.3) is 0 Å². The average molecular weight is 292 g/mol. The van der Waals surface area contributed by atoms with Crippen molar-refractivity contribution in [3.05, 3.63) is 20.8 Å². The molecular weight excluding hydrogens is 278 g/mol. The number of aliphatic carboxylic acids is 1. The van der Waals surface area contributed by atoms with Crippen LogP contribution in [0.2, 0.25) is 0 Å². The minimum absolute atomic E-state index is 0.321. The molecule has 3 nitrogen and oxygen atoms in total. The van der Waals surface area contributed by atoms with E-state index >= 15 is 0 Å². The topological polar surface area (TPSA) is 40.5 Å². The number of hydrogen-bond donors (Lipinski definition) is 1. The maximum atomic E-state index is 10.7. The first-order valence-electron chi connectivity index (χ1n) is 4.64. The van der Waals surface area contributed by atoms with Gasteiger partial charge in [-0.05, 0) is 35.1 Å². The molecule has 1 N–H and O–H groups in total. The van der Waals surface area contributed by atoms with Gasteiger partial charge in [-0.15, -0.1) is 11.3 Å². The van der Waals surface area contributed by atoms with Gasteiger partial charge in [-0.25, -0.2) is 0 Å². The highest BCUT2D eigenvalue weighted by Gasteiger charge is 2.13. The molecule has 0 radical (unpaired) electrons. The van der Waals surface area contributed by atoms with Gasteiger partial charge in [0.15, 0.2) is 0 Å². The highest BCUT2D eigenvalue weighted by atomic mass is 79.9. The molecule has 15 heavy (non-hydrogen) atoms. The number of carboxylic acids is 1. The third-order valence-corrected chi connectivity index (χ3v) is 3.67. The smallest absolute Gasteiger partial charge is 0.307 e. The summed E-state index contributed by atoms with van der Waals surface area (Å²) in [5.74, 6) is -1.06. The van der Waals surface area contributed by atoms with Crippen LogP contribution in [-0.4, -0.2) is 29.6 Å². The third kappa shape index (κ3) is 4.32. The number of rotatable bonds is 5. The zero-order chi connectivity index (χ0) is 11.4. The molecule has 0 bridgehead atoms. The fraction of sp³-hybridized carbons (Fsp3) is 0.500. The van der Waals surface area contributed by atoms with Crippen molar-refractivity contribution < 1.29 is 9.90 Å². The van der Waals surface area contributed by atoms with Gasteiger partial charge in [0.1, 0.15) is 0 Å². The highest BCUT2D eigenvalue weighted by molar-refractivity contribution is 9.11. The molecule has 0 aromatic carbocycles. The molecule has 1 unspecified atom stereocenters. The van der Waals surface area contributed by atoms with Gasteiger partial charge in [-0.1, -0.05) is 6.92 Å². The van der Waals surface area contributed by atoms with Crippen molar-refractivity contribution >= 4 is 33.2 Å². The van der Waals surface area contributed by atoms with E-state index in [1.54, 1.807) is 18.3 Å². The highest BCUT2D eigenvalue weighted by Crippen LogP contribution is 2.23. The van der Waals surface area contributed by atoms with Crippen LogP contribution in [0.1, 0.15) is 11.8 Å². The van der Waals surface area contributed by atoms with Crippen LogP contribution in [0, 0.1) is 5.92 Å². The summed E-state index contributed by atoms with van der Waals surface area (Å²) in [4.78, 5) is 13.9. The summed E-state index contributed by atoms with van der Waals surface area (Å²) in [7, 11) is 1.94. The van der Waals surface area contributed by atoms with Gasteiger partial charge in [-0.2, -0.15) is 0 Å². The third-order valence-electron chi connectivity index (χ3n) is 2.06. The summed E-state index contributed by atoms with van der Waals surface area (Å²) in [6.45, 7) is 3.10. The zero-order valence-corrected chi connectivity index (χ0v) is 11.1. The van der Waals surface area contributed by atoms with Gasteiger partial charge in [0, 0.05) is 18.0 Å². The van der Waals surface area contributed by atoms with Crippen molar-refractivity contribution in [2.24, 2.45) is 5.92 Å². The van der Waals surface area contributed by atoms with Gasteiger partial charge in [-0.3, -0.25) is 4.79 Å². The molecule has 0 aliphatic heterocycles. The first kappa shape index (κ1) is 12.7. The Labute approximate surface area is 102 Å². The fourth-order valence-electron chi connectivity index (χ4n) is 1.31. The number of thiophene rings is 1. The molecule has 84 valence electrons. The van der Waals surface area contributed by atoms with Crippen LogP contribution in [0.3, 0.4) is 0 Å².